The van der Waals surface area contributed by atoms with Crippen LogP contribution in [-0.4, -0.2) is 27.3 Å². The molecule has 1 aromatic rings. The van der Waals surface area contributed by atoms with Gasteiger partial charge in [-0.05, 0) is 19.1 Å². The summed E-state index contributed by atoms with van der Waals surface area (Å²) in [6, 6.07) is 5.72. The van der Waals surface area contributed by atoms with Crippen LogP contribution in [-0.2, 0) is 4.79 Å². The average Bonchev–Trinajstić information content (AvgIpc) is 2.08. The Hall–Kier alpha value is -1.42. The average molecular weight is 169 g/mol. The Labute approximate surface area is 70.5 Å². The van der Waals surface area contributed by atoms with E-state index in [1.54, 1.807) is 12.4 Å². The molecule has 1 aromatic heterocycles. The van der Waals surface area contributed by atoms with Crippen LogP contribution in [0, 0.1) is 0 Å². The third kappa shape index (κ3) is 6.70. The second kappa shape index (κ2) is 6.30. The van der Waals surface area contributed by atoms with E-state index in [4.69, 9.17) is 10.2 Å². The Morgan fingerprint density at radius 1 is 1.33 bits per heavy atom. The van der Waals surface area contributed by atoms with Gasteiger partial charge >= 0.3 is 5.97 Å². The normalized spacial score (nSPS) is 10.8. The zero-order valence-corrected chi connectivity index (χ0v) is 6.71. The van der Waals surface area contributed by atoms with Gasteiger partial charge in [0, 0.05) is 12.4 Å². The fourth-order valence-corrected chi connectivity index (χ4v) is 0.313. The summed E-state index contributed by atoms with van der Waals surface area (Å²) in [6.07, 6.45) is 2.27. The maximum Gasteiger partial charge on any atom is 0.332 e. The van der Waals surface area contributed by atoms with E-state index in [1.165, 1.54) is 6.92 Å². The molecule has 12 heavy (non-hydrogen) atoms. The molecular weight excluding hydrogens is 158 g/mol. The van der Waals surface area contributed by atoms with Gasteiger partial charge in [-0.3, -0.25) is 4.98 Å². The van der Waals surface area contributed by atoms with E-state index in [-0.39, 0.29) is 0 Å². The Morgan fingerprint density at radius 3 is 1.83 bits per heavy atom. The number of rotatable bonds is 1. The van der Waals surface area contributed by atoms with Gasteiger partial charge in [-0.1, -0.05) is 6.07 Å². The summed E-state index contributed by atoms with van der Waals surface area (Å²) < 4.78 is 0. The molecule has 1 heterocycles. The molecule has 0 aliphatic rings. The largest absolute Gasteiger partial charge is 0.479 e. The molecule has 1 atom stereocenters. The highest BCUT2D eigenvalue weighted by Gasteiger charge is 2.01. The molecule has 0 aromatic carbocycles. The number of aliphatic hydroxyl groups is 1. The first kappa shape index (κ1) is 10.6. The summed E-state index contributed by atoms with van der Waals surface area (Å²) in [5, 5.41) is 15.8. The van der Waals surface area contributed by atoms with E-state index in [2.05, 4.69) is 4.98 Å². The second-order valence-electron chi connectivity index (χ2n) is 2.04. The standard InChI is InChI=1S/C5H5N.C3H6O3/c1-2-4-6-5-3-1;1-2(4)3(5)6/h1-5H;2,4H,1H3,(H,5,6). The summed E-state index contributed by atoms with van der Waals surface area (Å²) in [7, 11) is 0. The van der Waals surface area contributed by atoms with Gasteiger partial charge in [0.2, 0.25) is 0 Å². The van der Waals surface area contributed by atoms with Crippen LogP contribution >= 0.6 is 0 Å². The number of aliphatic hydroxyl groups excluding tert-OH is 1. The number of carboxylic acids is 1. The SMILES string of the molecule is CC(O)C(=O)O.c1ccncc1. The quantitative estimate of drug-likeness (QED) is 0.643. The van der Waals surface area contributed by atoms with Crippen LogP contribution in [0.15, 0.2) is 30.6 Å². The summed E-state index contributed by atoms with van der Waals surface area (Å²) in [5.74, 6) is -1.19. The highest BCUT2D eigenvalue weighted by molar-refractivity contribution is 5.71. The van der Waals surface area contributed by atoms with Crippen LogP contribution in [0.3, 0.4) is 0 Å². The molecule has 0 radical (unpaired) electrons. The minimum Gasteiger partial charge on any atom is -0.479 e. The Kier molecular flexibility index (Phi) is 5.55. The Bertz CT molecular complexity index is 184. The summed E-state index contributed by atoms with van der Waals surface area (Å²) in [5.41, 5.74) is 0. The van der Waals surface area contributed by atoms with E-state index in [0.717, 1.165) is 0 Å². The number of aliphatic carboxylic acids is 1. The van der Waals surface area contributed by atoms with Crippen molar-refractivity contribution in [2.24, 2.45) is 0 Å². The molecule has 0 spiro atoms. The van der Waals surface area contributed by atoms with E-state index in [0.29, 0.717) is 0 Å². The highest BCUT2D eigenvalue weighted by Crippen LogP contribution is 1.74. The van der Waals surface area contributed by atoms with E-state index >= 15 is 0 Å². The lowest BCUT2D eigenvalue weighted by Crippen LogP contribution is -2.13. The summed E-state index contributed by atoms with van der Waals surface area (Å²) in [4.78, 5) is 13.2. The topological polar surface area (TPSA) is 70.4 Å². The van der Waals surface area contributed by atoms with E-state index < -0.39 is 12.1 Å². The van der Waals surface area contributed by atoms with Crippen LogP contribution in [0.1, 0.15) is 6.92 Å². The Morgan fingerprint density at radius 2 is 1.75 bits per heavy atom. The fourth-order valence-electron chi connectivity index (χ4n) is 0.313. The summed E-state index contributed by atoms with van der Waals surface area (Å²) >= 11 is 0. The smallest absolute Gasteiger partial charge is 0.332 e. The number of pyridine rings is 1. The van der Waals surface area contributed by atoms with Gasteiger partial charge in [-0.15, -0.1) is 0 Å². The molecule has 1 rings (SSSR count). The third-order valence-corrected chi connectivity index (χ3v) is 0.924. The monoisotopic (exact) mass is 169 g/mol. The number of aromatic nitrogens is 1. The molecule has 0 bridgehead atoms. The number of carboxylic acid groups (broad SMARTS) is 1. The predicted octanol–water partition coefficient (Wildman–Crippen LogP) is 0.533. The van der Waals surface area contributed by atoms with Crippen LogP contribution in [0.4, 0.5) is 0 Å². The molecule has 0 aliphatic heterocycles. The number of hydrogen-bond donors (Lipinski definition) is 2. The van der Waals surface area contributed by atoms with Crippen LogP contribution in [0.5, 0.6) is 0 Å². The van der Waals surface area contributed by atoms with Gasteiger partial charge in [0.1, 0.15) is 6.10 Å². The van der Waals surface area contributed by atoms with E-state index in [1.807, 2.05) is 18.2 Å². The van der Waals surface area contributed by atoms with Crippen molar-refractivity contribution in [3.05, 3.63) is 30.6 Å². The molecular formula is C8H11NO3. The molecule has 0 saturated carbocycles. The van der Waals surface area contributed by atoms with Gasteiger partial charge in [0.05, 0.1) is 0 Å². The molecule has 4 nitrogen and oxygen atoms in total. The van der Waals surface area contributed by atoms with Gasteiger partial charge in [-0.25, -0.2) is 4.79 Å². The number of hydrogen-bond acceptors (Lipinski definition) is 3. The second-order valence-corrected chi connectivity index (χ2v) is 2.04. The van der Waals surface area contributed by atoms with Crippen molar-refractivity contribution in [3.63, 3.8) is 0 Å². The first-order chi connectivity index (χ1) is 5.64. The van der Waals surface area contributed by atoms with Crippen molar-refractivity contribution in [1.29, 1.82) is 0 Å². The molecule has 0 aliphatic carbocycles. The van der Waals surface area contributed by atoms with Gasteiger partial charge < -0.3 is 10.2 Å². The molecule has 1 unspecified atom stereocenters. The molecule has 0 saturated heterocycles. The Balaban J connectivity index is 0.000000202. The maximum absolute atomic E-state index is 9.45. The lowest BCUT2D eigenvalue weighted by Gasteiger charge is -1.89. The molecule has 4 heteroatoms. The van der Waals surface area contributed by atoms with Crippen molar-refractivity contribution < 1.29 is 15.0 Å². The molecule has 0 amide bonds. The number of carbonyl (C=O) groups is 1. The minimum absolute atomic E-state index is 1.19. The van der Waals surface area contributed by atoms with Crippen molar-refractivity contribution in [3.8, 4) is 0 Å². The molecule has 0 fully saturated rings. The maximum atomic E-state index is 9.45. The first-order valence-electron chi connectivity index (χ1n) is 3.40. The zero-order valence-electron chi connectivity index (χ0n) is 6.71. The van der Waals surface area contributed by atoms with Crippen molar-refractivity contribution in [1.82, 2.24) is 4.98 Å². The van der Waals surface area contributed by atoms with Crippen LogP contribution in [0.2, 0.25) is 0 Å². The van der Waals surface area contributed by atoms with Crippen LogP contribution < -0.4 is 0 Å². The summed E-state index contributed by atoms with van der Waals surface area (Å²) in [6.45, 7) is 1.20. The molecule has 66 valence electrons. The van der Waals surface area contributed by atoms with Gasteiger partial charge in [-0.2, -0.15) is 0 Å². The first-order valence-corrected chi connectivity index (χ1v) is 3.40. The highest BCUT2D eigenvalue weighted by atomic mass is 16.4. The van der Waals surface area contributed by atoms with Crippen molar-refractivity contribution >= 4 is 5.97 Å². The van der Waals surface area contributed by atoms with E-state index in [9.17, 15) is 4.79 Å². The molecule has 2 N–H and O–H groups in total. The zero-order chi connectivity index (χ0) is 9.40. The van der Waals surface area contributed by atoms with Crippen molar-refractivity contribution in [2.45, 2.75) is 13.0 Å². The van der Waals surface area contributed by atoms with Crippen molar-refractivity contribution in [2.75, 3.05) is 0 Å². The minimum atomic E-state index is -1.23. The predicted molar refractivity (Wildman–Crippen MR) is 43.6 cm³/mol. The number of nitrogens with zero attached hydrogens (tertiary/aromatic N) is 1. The lowest BCUT2D eigenvalue weighted by atomic mass is 10.4. The van der Waals surface area contributed by atoms with Gasteiger partial charge in [0.25, 0.3) is 0 Å². The van der Waals surface area contributed by atoms with Crippen LogP contribution in [0.25, 0.3) is 0 Å². The van der Waals surface area contributed by atoms with Gasteiger partial charge in [0.15, 0.2) is 0 Å². The third-order valence-electron chi connectivity index (χ3n) is 0.924. The lowest BCUT2D eigenvalue weighted by molar-refractivity contribution is -0.145. The fraction of sp³-hybridized carbons (Fsp3) is 0.250.